The normalized spacial score (nSPS) is 11.3. The maximum Gasteiger partial charge on any atom is 0.248 e. The van der Waals surface area contributed by atoms with Gasteiger partial charge in [0.1, 0.15) is 0 Å². The highest BCUT2D eigenvalue weighted by Gasteiger charge is 2.16. The van der Waals surface area contributed by atoms with Crippen LogP contribution < -0.4 is 5.32 Å². The lowest BCUT2D eigenvalue weighted by Crippen LogP contribution is -2.02. The van der Waals surface area contributed by atoms with Gasteiger partial charge in [0.15, 0.2) is 5.82 Å². The fraction of sp³-hybridized carbons (Fsp3) is 0.167. The molecule has 3 heterocycles. The fourth-order valence-corrected chi connectivity index (χ4v) is 2.10. The summed E-state index contributed by atoms with van der Waals surface area (Å²) in [4.78, 5) is 4.36. The second kappa shape index (κ2) is 4.20. The van der Waals surface area contributed by atoms with Gasteiger partial charge in [-0.2, -0.15) is 4.52 Å². The van der Waals surface area contributed by atoms with Gasteiger partial charge in [-0.15, -0.1) is 5.10 Å². The molecule has 1 aromatic carbocycles. The number of hydrogen-bond donors (Lipinski definition) is 1. The average Bonchev–Trinajstić information content (AvgIpc) is 3.10. The lowest BCUT2D eigenvalue weighted by molar-refractivity contribution is 0.313. The van der Waals surface area contributed by atoms with Gasteiger partial charge in [-0.1, -0.05) is 12.1 Å². The first-order chi connectivity index (χ1) is 10.2. The number of fused-ring (bicyclic) bond motifs is 3. The van der Waals surface area contributed by atoms with E-state index >= 15 is 0 Å². The maximum atomic E-state index is 4.68. The first kappa shape index (κ1) is 11.7. The summed E-state index contributed by atoms with van der Waals surface area (Å²) in [7, 11) is 0. The Morgan fingerprint density at radius 1 is 1.14 bits per heavy atom. The number of nitrogens with one attached hydrogen (secondary N) is 1. The van der Waals surface area contributed by atoms with Gasteiger partial charge in [-0.25, -0.2) is 9.61 Å². The van der Waals surface area contributed by atoms with Crippen LogP contribution in [0.25, 0.3) is 16.9 Å². The van der Waals surface area contributed by atoms with Crippen molar-refractivity contribution in [1.29, 1.82) is 0 Å². The van der Waals surface area contributed by atoms with Crippen LogP contribution in [-0.4, -0.2) is 35.3 Å². The van der Waals surface area contributed by atoms with Gasteiger partial charge in [-0.3, -0.25) is 0 Å². The number of aryl methyl sites for hydroxylation is 2. The Labute approximate surface area is 117 Å². The molecular weight excluding hydrogens is 272 g/mol. The molecule has 0 aliphatic rings. The topological polar surface area (TPSA) is 107 Å². The van der Waals surface area contributed by atoms with Crippen molar-refractivity contribution in [1.82, 2.24) is 35.3 Å². The quantitative estimate of drug-likeness (QED) is 0.588. The minimum Gasteiger partial charge on any atom is -0.337 e. The van der Waals surface area contributed by atoms with E-state index in [9.17, 15) is 0 Å². The predicted octanol–water partition coefficient (Wildman–Crippen LogP) is 1.42. The van der Waals surface area contributed by atoms with Crippen molar-refractivity contribution in [2.75, 3.05) is 5.32 Å². The van der Waals surface area contributed by atoms with Gasteiger partial charge in [-0.05, 0) is 51.8 Å². The van der Waals surface area contributed by atoms with Crippen molar-refractivity contribution < 1.29 is 4.63 Å². The van der Waals surface area contributed by atoms with Crippen molar-refractivity contribution in [2.24, 2.45) is 0 Å². The van der Waals surface area contributed by atoms with Gasteiger partial charge < -0.3 is 5.32 Å². The third kappa shape index (κ3) is 1.78. The predicted molar refractivity (Wildman–Crippen MR) is 73.1 cm³/mol. The Kier molecular flexibility index (Phi) is 2.34. The van der Waals surface area contributed by atoms with Gasteiger partial charge in [0.05, 0.1) is 0 Å². The van der Waals surface area contributed by atoms with E-state index in [-0.39, 0.29) is 0 Å². The van der Waals surface area contributed by atoms with Crippen LogP contribution in [0.5, 0.6) is 0 Å². The Morgan fingerprint density at radius 3 is 2.95 bits per heavy atom. The molecular formula is C12H10N8O. The zero-order chi connectivity index (χ0) is 14.4. The number of tetrazole rings is 1. The first-order valence-electron chi connectivity index (χ1n) is 6.27. The zero-order valence-electron chi connectivity index (χ0n) is 11.3. The molecule has 0 amide bonds. The standard InChI is InChI=1S/C12H10N8O/c1-6-3-4-7(2)8(5-6)13-9-11-15-18-19-20(11)12-10(14-9)16-21-17-12/h3-5H,1-2H3,(H,13,14,16). The second-order valence-electron chi connectivity index (χ2n) is 4.73. The number of rotatable bonds is 2. The second-order valence-corrected chi connectivity index (χ2v) is 4.73. The molecule has 9 nitrogen and oxygen atoms in total. The van der Waals surface area contributed by atoms with E-state index in [1.165, 1.54) is 4.52 Å². The third-order valence-electron chi connectivity index (χ3n) is 3.20. The number of benzene rings is 1. The Balaban J connectivity index is 1.92. The molecule has 0 spiro atoms. The Bertz CT molecular complexity index is 956. The minimum absolute atomic E-state index is 0.336. The van der Waals surface area contributed by atoms with Crippen LogP contribution in [0.1, 0.15) is 11.1 Å². The van der Waals surface area contributed by atoms with E-state index < -0.39 is 0 Å². The summed E-state index contributed by atoms with van der Waals surface area (Å²) < 4.78 is 6.12. The summed E-state index contributed by atoms with van der Waals surface area (Å²) >= 11 is 0. The van der Waals surface area contributed by atoms with Crippen LogP contribution in [-0.2, 0) is 0 Å². The van der Waals surface area contributed by atoms with Crippen LogP contribution in [0.2, 0.25) is 0 Å². The van der Waals surface area contributed by atoms with E-state index in [0.29, 0.717) is 22.8 Å². The Morgan fingerprint density at radius 2 is 2.05 bits per heavy atom. The highest BCUT2D eigenvalue weighted by molar-refractivity contribution is 5.79. The molecule has 0 unspecified atom stereocenters. The summed E-state index contributed by atoms with van der Waals surface area (Å²) in [5.41, 5.74) is 4.33. The maximum absolute atomic E-state index is 4.68. The van der Waals surface area contributed by atoms with Crippen molar-refractivity contribution >= 4 is 28.4 Å². The minimum atomic E-state index is 0.336. The summed E-state index contributed by atoms with van der Waals surface area (Å²) in [6.07, 6.45) is 0. The monoisotopic (exact) mass is 282 g/mol. The highest BCUT2D eigenvalue weighted by Crippen LogP contribution is 2.24. The fourth-order valence-electron chi connectivity index (χ4n) is 2.10. The van der Waals surface area contributed by atoms with Gasteiger partial charge in [0.2, 0.25) is 16.9 Å². The molecule has 0 saturated carbocycles. The third-order valence-corrected chi connectivity index (χ3v) is 3.20. The van der Waals surface area contributed by atoms with Crippen molar-refractivity contribution in [2.45, 2.75) is 13.8 Å². The van der Waals surface area contributed by atoms with E-state index in [0.717, 1.165) is 16.8 Å². The van der Waals surface area contributed by atoms with Gasteiger partial charge in [0, 0.05) is 5.69 Å². The molecule has 0 aliphatic carbocycles. The zero-order valence-corrected chi connectivity index (χ0v) is 11.3. The molecule has 0 radical (unpaired) electrons. The van der Waals surface area contributed by atoms with Crippen LogP contribution in [0.4, 0.5) is 11.5 Å². The summed E-state index contributed by atoms with van der Waals surface area (Å²) in [5.74, 6) is 0.497. The van der Waals surface area contributed by atoms with E-state index in [4.69, 9.17) is 0 Å². The lowest BCUT2D eigenvalue weighted by Gasteiger charge is -2.09. The van der Waals surface area contributed by atoms with E-state index in [2.05, 4.69) is 40.8 Å². The van der Waals surface area contributed by atoms with Crippen molar-refractivity contribution in [3.8, 4) is 0 Å². The van der Waals surface area contributed by atoms with Gasteiger partial charge in [0.25, 0.3) is 0 Å². The van der Waals surface area contributed by atoms with Gasteiger partial charge >= 0.3 is 0 Å². The molecule has 104 valence electrons. The lowest BCUT2D eigenvalue weighted by atomic mass is 10.1. The largest absolute Gasteiger partial charge is 0.337 e. The summed E-state index contributed by atoms with van der Waals surface area (Å²) in [5, 5.41) is 22.2. The summed E-state index contributed by atoms with van der Waals surface area (Å²) in [6, 6.07) is 6.11. The number of aromatic nitrogens is 7. The summed E-state index contributed by atoms with van der Waals surface area (Å²) in [6.45, 7) is 4.04. The molecule has 1 N–H and O–H groups in total. The smallest absolute Gasteiger partial charge is 0.248 e. The van der Waals surface area contributed by atoms with Crippen molar-refractivity contribution in [3.63, 3.8) is 0 Å². The van der Waals surface area contributed by atoms with E-state index in [1.54, 1.807) is 0 Å². The molecule has 3 aromatic heterocycles. The SMILES string of the molecule is Cc1ccc(C)c(Nc2nc3nonc3n3nnnc23)c1. The van der Waals surface area contributed by atoms with Crippen LogP contribution in [0.15, 0.2) is 22.8 Å². The molecule has 21 heavy (non-hydrogen) atoms. The number of nitrogens with zero attached hydrogens (tertiary/aromatic N) is 7. The molecule has 0 bridgehead atoms. The molecule has 4 rings (SSSR count). The molecule has 0 atom stereocenters. The van der Waals surface area contributed by atoms with Crippen LogP contribution in [0, 0.1) is 13.8 Å². The van der Waals surface area contributed by atoms with E-state index in [1.807, 2.05) is 32.0 Å². The number of anilines is 2. The van der Waals surface area contributed by atoms with Crippen molar-refractivity contribution in [3.05, 3.63) is 29.3 Å². The average molecular weight is 282 g/mol. The number of hydrogen-bond acceptors (Lipinski definition) is 8. The molecule has 0 aliphatic heterocycles. The molecule has 0 fully saturated rings. The Hall–Kier alpha value is -3.10. The first-order valence-corrected chi connectivity index (χ1v) is 6.27. The highest BCUT2D eigenvalue weighted by atomic mass is 16.6. The molecule has 9 heteroatoms. The van der Waals surface area contributed by atoms with Crippen LogP contribution >= 0.6 is 0 Å². The molecule has 4 aromatic rings. The molecule has 0 saturated heterocycles. The van der Waals surface area contributed by atoms with Crippen LogP contribution in [0.3, 0.4) is 0 Å².